The Balaban J connectivity index is 2.47. The first-order valence-electron chi connectivity index (χ1n) is 5.07. The number of primary amides is 1. The highest BCUT2D eigenvalue weighted by molar-refractivity contribution is 6.30. The van der Waals surface area contributed by atoms with Gasteiger partial charge in [-0.1, -0.05) is 23.7 Å². The zero-order valence-corrected chi connectivity index (χ0v) is 10.1. The summed E-state index contributed by atoms with van der Waals surface area (Å²) in [6, 6.07) is 6.41. The summed E-state index contributed by atoms with van der Waals surface area (Å²) in [4.78, 5) is 21.6. The molecule has 0 fully saturated rings. The maximum absolute atomic E-state index is 11.2. The number of nitrogens with two attached hydrogens (primary N) is 1. The molecule has 0 unspecified atom stereocenters. The van der Waals surface area contributed by atoms with Crippen LogP contribution in [-0.2, 0) is 4.79 Å². The highest BCUT2D eigenvalue weighted by Crippen LogP contribution is 2.16. The molecule has 5 nitrogen and oxygen atoms in total. The molecule has 1 aromatic carbocycles. The molecule has 0 aliphatic carbocycles. The molecule has 0 heterocycles. The number of carbonyl (C=O) groups excluding carboxylic acids is 2. The summed E-state index contributed by atoms with van der Waals surface area (Å²) in [5.74, 6) is -0.466. The summed E-state index contributed by atoms with van der Waals surface area (Å²) < 4.78 is 0. The van der Waals surface area contributed by atoms with Crippen molar-refractivity contribution >= 4 is 23.5 Å². The van der Waals surface area contributed by atoms with Gasteiger partial charge in [-0.05, 0) is 24.6 Å². The Morgan fingerprint density at radius 2 is 2.18 bits per heavy atom. The fourth-order valence-electron chi connectivity index (χ4n) is 1.32. The Morgan fingerprint density at radius 1 is 1.47 bits per heavy atom. The van der Waals surface area contributed by atoms with E-state index in [0.29, 0.717) is 5.02 Å². The summed E-state index contributed by atoms with van der Waals surface area (Å²) in [5.41, 5.74) is 5.78. The summed E-state index contributed by atoms with van der Waals surface area (Å²) in [5, 5.41) is 5.56. The van der Waals surface area contributed by atoms with Crippen LogP contribution in [-0.4, -0.2) is 18.5 Å². The minimum atomic E-state index is -0.854. The van der Waals surface area contributed by atoms with Gasteiger partial charge in [0.25, 0.3) is 0 Å². The average molecular weight is 256 g/mol. The number of carbonyl (C=O) groups is 2. The first kappa shape index (κ1) is 13.5. The zero-order chi connectivity index (χ0) is 12.8. The number of benzene rings is 1. The van der Waals surface area contributed by atoms with Gasteiger partial charge in [0.15, 0.2) is 0 Å². The van der Waals surface area contributed by atoms with Crippen molar-refractivity contribution in [3.63, 3.8) is 0 Å². The lowest BCUT2D eigenvalue weighted by molar-refractivity contribution is -0.119. The molecule has 4 N–H and O–H groups in total. The van der Waals surface area contributed by atoms with E-state index in [0.717, 1.165) is 5.56 Å². The number of imide groups is 1. The van der Waals surface area contributed by atoms with Crippen molar-refractivity contribution in [2.24, 2.45) is 5.73 Å². The lowest BCUT2D eigenvalue weighted by atomic mass is 10.1. The number of urea groups is 1. The summed E-state index contributed by atoms with van der Waals surface area (Å²) in [6.45, 7) is 1.90. The van der Waals surface area contributed by atoms with Crippen molar-refractivity contribution in [2.75, 3.05) is 6.54 Å². The standard InChI is InChI=1S/C11H14ClN3O2/c1-7(8-3-2-4-9(12)5-8)14-6-10(16)15-11(13)17/h2-5,7,14H,6H2,1H3,(H3,13,15,16,17)/t7-/m0/s1. The van der Waals surface area contributed by atoms with Crippen molar-refractivity contribution in [3.05, 3.63) is 34.9 Å². The molecular formula is C11H14ClN3O2. The molecule has 0 saturated carbocycles. The van der Waals surface area contributed by atoms with Gasteiger partial charge in [-0.3, -0.25) is 10.1 Å². The zero-order valence-electron chi connectivity index (χ0n) is 9.37. The molecule has 0 aliphatic rings. The van der Waals surface area contributed by atoms with E-state index in [9.17, 15) is 9.59 Å². The predicted octanol–water partition coefficient (Wildman–Crippen LogP) is 1.19. The fraction of sp³-hybridized carbons (Fsp3) is 0.273. The normalized spacial score (nSPS) is 11.9. The Morgan fingerprint density at radius 3 is 2.76 bits per heavy atom. The maximum atomic E-state index is 11.2. The van der Waals surface area contributed by atoms with Gasteiger partial charge < -0.3 is 11.1 Å². The van der Waals surface area contributed by atoms with Crippen molar-refractivity contribution in [3.8, 4) is 0 Å². The van der Waals surface area contributed by atoms with Crippen LogP contribution in [0.15, 0.2) is 24.3 Å². The number of halogens is 1. The highest BCUT2D eigenvalue weighted by Gasteiger charge is 2.08. The van der Waals surface area contributed by atoms with Crippen molar-refractivity contribution in [1.29, 1.82) is 0 Å². The predicted molar refractivity (Wildman–Crippen MR) is 65.6 cm³/mol. The highest BCUT2D eigenvalue weighted by atomic mass is 35.5. The van der Waals surface area contributed by atoms with Gasteiger partial charge in [0.2, 0.25) is 5.91 Å². The van der Waals surface area contributed by atoms with E-state index in [1.54, 1.807) is 6.07 Å². The molecule has 1 atom stereocenters. The van der Waals surface area contributed by atoms with E-state index in [1.807, 2.05) is 30.4 Å². The number of amides is 3. The van der Waals surface area contributed by atoms with Crippen molar-refractivity contribution in [2.45, 2.75) is 13.0 Å². The smallest absolute Gasteiger partial charge is 0.318 e. The minimum absolute atomic E-state index is 0.0105. The summed E-state index contributed by atoms with van der Waals surface area (Å²) in [6.07, 6.45) is 0. The lowest BCUT2D eigenvalue weighted by Crippen LogP contribution is -2.41. The largest absolute Gasteiger partial charge is 0.351 e. The second-order valence-corrected chi connectivity index (χ2v) is 4.01. The molecular weight excluding hydrogens is 242 g/mol. The molecule has 92 valence electrons. The second kappa shape index (κ2) is 6.22. The Bertz CT molecular complexity index is 423. The first-order valence-corrected chi connectivity index (χ1v) is 5.45. The second-order valence-electron chi connectivity index (χ2n) is 3.57. The topological polar surface area (TPSA) is 84.2 Å². The molecule has 3 amide bonds. The van der Waals surface area contributed by atoms with Crippen LogP contribution in [0.1, 0.15) is 18.5 Å². The number of nitrogens with one attached hydrogen (secondary N) is 2. The van der Waals surface area contributed by atoms with Gasteiger partial charge in [0.05, 0.1) is 6.54 Å². The Labute approximate surface area is 104 Å². The van der Waals surface area contributed by atoms with Gasteiger partial charge in [-0.15, -0.1) is 0 Å². The van der Waals surface area contributed by atoms with Crippen LogP contribution in [0.3, 0.4) is 0 Å². The average Bonchev–Trinajstić information content (AvgIpc) is 2.25. The van der Waals surface area contributed by atoms with Crippen LogP contribution in [0.5, 0.6) is 0 Å². The third-order valence-electron chi connectivity index (χ3n) is 2.18. The van der Waals surface area contributed by atoms with Crippen LogP contribution >= 0.6 is 11.6 Å². The van der Waals surface area contributed by atoms with E-state index in [4.69, 9.17) is 17.3 Å². The maximum Gasteiger partial charge on any atom is 0.318 e. The number of rotatable bonds is 4. The molecule has 0 saturated heterocycles. The molecule has 0 aromatic heterocycles. The van der Waals surface area contributed by atoms with E-state index in [2.05, 4.69) is 5.32 Å². The minimum Gasteiger partial charge on any atom is -0.351 e. The Hall–Kier alpha value is -1.59. The van der Waals surface area contributed by atoms with Crippen molar-refractivity contribution in [1.82, 2.24) is 10.6 Å². The fourth-order valence-corrected chi connectivity index (χ4v) is 1.52. The molecule has 0 radical (unpaired) electrons. The van der Waals surface area contributed by atoms with E-state index < -0.39 is 11.9 Å². The van der Waals surface area contributed by atoms with Gasteiger partial charge in [-0.25, -0.2) is 4.79 Å². The van der Waals surface area contributed by atoms with Gasteiger partial charge in [0.1, 0.15) is 0 Å². The van der Waals surface area contributed by atoms with Crippen LogP contribution in [0.25, 0.3) is 0 Å². The molecule has 1 rings (SSSR count). The van der Waals surface area contributed by atoms with Gasteiger partial charge in [-0.2, -0.15) is 0 Å². The first-order chi connectivity index (χ1) is 7.99. The molecule has 0 spiro atoms. The molecule has 6 heteroatoms. The van der Waals surface area contributed by atoms with Crippen LogP contribution < -0.4 is 16.4 Å². The van der Waals surface area contributed by atoms with Crippen LogP contribution in [0.4, 0.5) is 4.79 Å². The van der Waals surface area contributed by atoms with Crippen LogP contribution in [0.2, 0.25) is 5.02 Å². The Kier molecular flexibility index (Phi) is 4.93. The molecule has 0 bridgehead atoms. The molecule has 0 aliphatic heterocycles. The van der Waals surface area contributed by atoms with Crippen LogP contribution in [0, 0.1) is 0 Å². The SMILES string of the molecule is C[C@H](NCC(=O)NC(N)=O)c1cccc(Cl)c1. The molecule has 17 heavy (non-hydrogen) atoms. The molecule has 1 aromatic rings. The number of hydrogen-bond donors (Lipinski definition) is 3. The van der Waals surface area contributed by atoms with E-state index in [-0.39, 0.29) is 12.6 Å². The third kappa shape index (κ3) is 4.84. The third-order valence-corrected chi connectivity index (χ3v) is 2.42. The quantitative estimate of drug-likeness (QED) is 0.756. The van der Waals surface area contributed by atoms with Crippen molar-refractivity contribution < 1.29 is 9.59 Å². The lowest BCUT2D eigenvalue weighted by Gasteiger charge is -2.13. The monoisotopic (exact) mass is 255 g/mol. The van der Waals surface area contributed by atoms with Gasteiger partial charge >= 0.3 is 6.03 Å². The van der Waals surface area contributed by atoms with E-state index >= 15 is 0 Å². The van der Waals surface area contributed by atoms with E-state index in [1.165, 1.54) is 0 Å². The summed E-state index contributed by atoms with van der Waals surface area (Å²) >= 11 is 5.85. The summed E-state index contributed by atoms with van der Waals surface area (Å²) in [7, 11) is 0. The van der Waals surface area contributed by atoms with Gasteiger partial charge in [0, 0.05) is 11.1 Å². The number of hydrogen-bond acceptors (Lipinski definition) is 3.